The fourth-order valence-corrected chi connectivity index (χ4v) is 3.14. The predicted octanol–water partition coefficient (Wildman–Crippen LogP) is 2.84. The molecule has 7 nitrogen and oxygen atoms in total. The standard InChI is InChI=1S/C17H16N2O5S/c1-11(2)24-16-7-6-13(17(20)21)9-15(16)19-25(22,23)14-5-3-4-12(8-14)10-18/h3-9,11,19H,1-2H3,(H,20,21). The van der Waals surface area contributed by atoms with Gasteiger partial charge in [-0.2, -0.15) is 5.26 Å². The number of carboxylic acids is 1. The average Bonchev–Trinajstić information content (AvgIpc) is 2.55. The zero-order chi connectivity index (χ0) is 18.6. The monoisotopic (exact) mass is 360 g/mol. The van der Waals surface area contributed by atoms with E-state index in [1.807, 2.05) is 6.07 Å². The molecule has 0 aliphatic carbocycles. The molecule has 0 aliphatic rings. The number of anilines is 1. The molecule has 2 aromatic rings. The summed E-state index contributed by atoms with van der Waals surface area (Å²) in [7, 11) is -4.02. The molecule has 0 atom stereocenters. The van der Waals surface area contributed by atoms with Crippen LogP contribution in [0.25, 0.3) is 0 Å². The molecule has 2 rings (SSSR count). The molecule has 0 bridgehead atoms. The maximum Gasteiger partial charge on any atom is 0.335 e. The lowest BCUT2D eigenvalue weighted by molar-refractivity contribution is 0.0697. The van der Waals surface area contributed by atoms with Crippen LogP contribution in [0.4, 0.5) is 5.69 Å². The van der Waals surface area contributed by atoms with E-state index >= 15 is 0 Å². The van der Waals surface area contributed by atoms with Gasteiger partial charge < -0.3 is 9.84 Å². The van der Waals surface area contributed by atoms with Gasteiger partial charge in [-0.25, -0.2) is 13.2 Å². The van der Waals surface area contributed by atoms with Gasteiger partial charge in [-0.15, -0.1) is 0 Å². The maximum atomic E-state index is 12.6. The largest absolute Gasteiger partial charge is 0.489 e. The molecule has 2 aromatic carbocycles. The molecule has 0 spiro atoms. The number of carboxylic acid groups (broad SMARTS) is 1. The lowest BCUT2D eigenvalue weighted by Gasteiger charge is -2.16. The van der Waals surface area contributed by atoms with Crippen LogP contribution in [0.3, 0.4) is 0 Å². The molecule has 130 valence electrons. The number of nitrogens with one attached hydrogen (secondary N) is 1. The van der Waals surface area contributed by atoms with Crippen LogP contribution < -0.4 is 9.46 Å². The topological polar surface area (TPSA) is 116 Å². The lowest BCUT2D eigenvalue weighted by Crippen LogP contribution is -2.16. The summed E-state index contributed by atoms with van der Waals surface area (Å²) in [5.41, 5.74) is 0.122. The number of nitriles is 1. The number of hydrogen-bond donors (Lipinski definition) is 2. The van der Waals surface area contributed by atoms with Crippen LogP contribution in [0.1, 0.15) is 29.8 Å². The minimum atomic E-state index is -4.02. The molecule has 2 N–H and O–H groups in total. The Morgan fingerprint density at radius 3 is 2.56 bits per heavy atom. The van der Waals surface area contributed by atoms with Gasteiger partial charge in [-0.3, -0.25) is 4.72 Å². The Bertz CT molecular complexity index is 946. The van der Waals surface area contributed by atoms with E-state index in [1.165, 1.54) is 42.5 Å². The second kappa shape index (κ2) is 7.23. The van der Waals surface area contributed by atoms with E-state index in [4.69, 9.17) is 15.1 Å². The first-order valence-corrected chi connectivity index (χ1v) is 8.78. The molecule has 0 saturated carbocycles. The molecule has 0 saturated heterocycles. The number of benzene rings is 2. The third-order valence-electron chi connectivity index (χ3n) is 3.11. The Labute approximate surface area is 145 Å². The third-order valence-corrected chi connectivity index (χ3v) is 4.47. The molecular weight excluding hydrogens is 344 g/mol. The summed E-state index contributed by atoms with van der Waals surface area (Å²) in [6, 6.07) is 11.3. The fraction of sp³-hybridized carbons (Fsp3) is 0.176. The van der Waals surface area contributed by atoms with E-state index in [0.717, 1.165) is 0 Å². The van der Waals surface area contributed by atoms with Gasteiger partial charge in [-0.05, 0) is 50.2 Å². The van der Waals surface area contributed by atoms with Crippen molar-refractivity contribution in [2.75, 3.05) is 4.72 Å². The fourth-order valence-electron chi connectivity index (χ4n) is 2.04. The first kappa shape index (κ1) is 18.3. The zero-order valence-corrected chi connectivity index (χ0v) is 14.4. The summed E-state index contributed by atoms with van der Waals surface area (Å²) in [5.74, 6) is -0.983. The summed E-state index contributed by atoms with van der Waals surface area (Å²) in [4.78, 5) is 11.0. The van der Waals surface area contributed by atoms with Gasteiger partial charge in [0.1, 0.15) is 5.75 Å². The van der Waals surface area contributed by atoms with Crippen molar-refractivity contribution in [2.24, 2.45) is 0 Å². The van der Waals surface area contributed by atoms with Gasteiger partial charge in [0, 0.05) is 0 Å². The second-order valence-corrected chi connectivity index (χ2v) is 7.11. The molecule has 0 radical (unpaired) electrons. The number of sulfonamides is 1. The number of rotatable bonds is 6. The van der Waals surface area contributed by atoms with E-state index in [-0.39, 0.29) is 33.6 Å². The van der Waals surface area contributed by atoms with Gasteiger partial charge in [0.25, 0.3) is 10.0 Å². The summed E-state index contributed by atoms with van der Waals surface area (Å²) < 4.78 is 33.0. The molecule has 0 amide bonds. The minimum Gasteiger partial charge on any atom is -0.489 e. The molecule has 0 heterocycles. The summed E-state index contributed by atoms with van der Waals surface area (Å²) in [6.45, 7) is 3.53. The van der Waals surface area contributed by atoms with Crippen LogP contribution in [-0.4, -0.2) is 25.6 Å². The van der Waals surface area contributed by atoms with Crippen molar-refractivity contribution < 1.29 is 23.1 Å². The van der Waals surface area contributed by atoms with E-state index < -0.39 is 16.0 Å². The van der Waals surface area contributed by atoms with Crippen molar-refractivity contribution in [1.29, 1.82) is 5.26 Å². The van der Waals surface area contributed by atoms with Crippen LogP contribution >= 0.6 is 0 Å². The highest BCUT2D eigenvalue weighted by Crippen LogP contribution is 2.29. The molecular formula is C17H16N2O5S. The Balaban J connectivity index is 2.47. The zero-order valence-electron chi connectivity index (χ0n) is 13.6. The highest BCUT2D eigenvalue weighted by Gasteiger charge is 2.19. The van der Waals surface area contributed by atoms with Crippen molar-refractivity contribution in [3.05, 3.63) is 53.6 Å². The quantitative estimate of drug-likeness (QED) is 0.818. The SMILES string of the molecule is CC(C)Oc1ccc(C(=O)O)cc1NS(=O)(=O)c1cccc(C#N)c1. The first-order chi connectivity index (χ1) is 11.7. The van der Waals surface area contributed by atoms with Crippen LogP contribution in [0, 0.1) is 11.3 Å². The van der Waals surface area contributed by atoms with Crippen molar-refractivity contribution in [1.82, 2.24) is 0 Å². The predicted molar refractivity (Wildman–Crippen MR) is 91.1 cm³/mol. The second-order valence-electron chi connectivity index (χ2n) is 5.43. The maximum absolute atomic E-state index is 12.6. The first-order valence-electron chi connectivity index (χ1n) is 7.30. The number of ether oxygens (including phenoxy) is 1. The van der Waals surface area contributed by atoms with E-state index in [9.17, 15) is 13.2 Å². The minimum absolute atomic E-state index is 0.0101. The summed E-state index contributed by atoms with van der Waals surface area (Å²) in [5, 5.41) is 18.0. The highest BCUT2D eigenvalue weighted by molar-refractivity contribution is 7.92. The van der Waals surface area contributed by atoms with Crippen molar-refractivity contribution >= 4 is 21.7 Å². The van der Waals surface area contributed by atoms with E-state index in [1.54, 1.807) is 13.8 Å². The lowest BCUT2D eigenvalue weighted by atomic mass is 10.2. The highest BCUT2D eigenvalue weighted by atomic mass is 32.2. The number of hydrogen-bond acceptors (Lipinski definition) is 5. The van der Waals surface area contributed by atoms with Crippen molar-refractivity contribution in [2.45, 2.75) is 24.8 Å². The van der Waals surface area contributed by atoms with Gasteiger partial charge in [-0.1, -0.05) is 6.07 Å². The molecule has 25 heavy (non-hydrogen) atoms. The third kappa shape index (κ3) is 4.49. The Morgan fingerprint density at radius 2 is 1.96 bits per heavy atom. The molecule has 0 unspecified atom stereocenters. The Kier molecular flexibility index (Phi) is 5.29. The van der Waals surface area contributed by atoms with Crippen LogP contribution in [0.15, 0.2) is 47.4 Å². The van der Waals surface area contributed by atoms with Crippen molar-refractivity contribution in [3.63, 3.8) is 0 Å². The molecule has 8 heteroatoms. The summed E-state index contributed by atoms with van der Waals surface area (Å²) >= 11 is 0. The number of carbonyl (C=O) groups is 1. The number of aromatic carboxylic acids is 1. The van der Waals surface area contributed by atoms with Gasteiger partial charge in [0.05, 0.1) is 33.9 Å². The van der Waals surface area contributed by atoms with Crippen molar-refractivity contribution in [3.8, 4) is 11.8 Å². The Morgan fingerprint density at radius 1 is 1.24 bits per heavy atom. The van der Waals surface area contributed by atoms with E-state index in [2.05, 4.69) is 4.72 Å². The smallest absolute Gasteiger partial charge is 0.335 e. The number of nitrogens with zero attached hydrogens (tertiary/aromatic N) is 1. The average molecular weight is 360 g/mol. The van der Waals surface area contributed by atoms with Gasteiger partial charge in [0.15, 0.2) is 0 Å². The van der Waals surface area contributed by atoms with E-state index in [0.29, 0.717) is 0 Å². The summed E-state index contributed by atoms with van der Waals surface area (Å²) in [6.07, 6.45) is -0.235. The molecule has 0 aromatic heterocycles. The van der Waals surface area contributed by atoms with Crippen LogP contribution in [-0.2, 0) is 10.0 Å². The normalized spacial score (nSPS) is 11.0. The van der Waals surface area contributed by atoms with Gasteiger partial charge in [0.2, 0.25) is 0 Å². The molecule has 0 aliphatic heterocycles. The van der Waals surface area contributed by atoms with Gasteiger partial charge >= 0.3 is 5.97 Å². The van der Waals surface area contributed by atoms with Crippen LogP contribution in [0.2, 0.25) is 0 Å². The van der Waals surface area contributed by atoms with Crippen LogP contribution in [0.5, 0.6) is 5.75 Å². The molecule has 0 fully saturated rings. The Hall–Kier alpha value is -3.05.